The summed E-state index contributed by atoms with van der Waals surface area (Å²) >= 11 is 0. The number of carboxylic acid groups (broad SMARTS) is 2. The fourth-order valence-corrected chi connectivity index (χ4v) is 4.63. The van der Waals surface area contributed by atoms with E-state index in [0.717, 1.165) is 30.0 Å². The summed E-state index contributed by atoms with van der Waals surface area (Å²) in [4.78, 5) is 67.1. The molecule has 3 unspecified atom stereocenters. The first kappa shape index (κ1) is 47.7. The third-order valence-electron chi connectivity index (χ3n) is 8.72. The van der Waals surface area contributed by atoms with Gasteiger partial charge in [-0.05, 0) is 73.4 Å². The minimum Gasteiger partial charge on any atom is -0.508 e. The van der Waals surface area contributed by atoms with Gasteiger partial charge >= 0.3 is 11.9 Å². The van der Waals surface area contributed by atoms with Crippen LogP contribution in [-0.2, 0) is 54.7 Å². The summed E-state index contributed by atoms with van der Waals surface area (Å²) in [5.74, 6) is -2.13. The van der Waals surface area contributed by atoms with Crippen LogP contribution < -0.4 is 10.6 Å². The second kappa shape index (κ2) is 26.5. The highest BCUT2D eigenvalue weighted by molar-refractivity contribution is 5.89. The van der Waals surface area contributed by atoms with Crippen molar-refractivity contribution in [2.75, 3.05) is 0 Å². The van der Waals surface area contributed by atoms with Gasteiger partial charge in [-0.3, -0.25) is 24.0 Å². The van der Waals surface area contributed by atoms with Crippen molar-refractivity contribution >= 4 is 35.3 Å². The Bertz CT molecular complexity index is 1530. The molecule has 6 N–H and O–H groups in total. The van der Waals surface area contributed by atoms with Crippen LogP contribution in [-0.4, -0.2) is 55.7 Å². The van der Waals surface area contributed by atoms with Gasteiger partial charge in [0.2, 0.25) is 11.8 Å². The zero-order valence-electron chi connectivity index (χ0n) is 31.8. The summed E-state index contributed by atoms with van der Waals surface area (Å²) in [5.41, 5.74) is 3.14. The normalized spacial score (nSPS) is 11.9. The van der Waals surface area contributed by atoms with Crippen molar-refractivity contribution in [3.8, 4) is 11.5 Å². The van der Waals surface area contributed by atoms with E-state index in [1.54, 1.807) is 37.3 Å². The minimum absolute atomic E-state index is 0.00759. The number of carbonyl (C=O) groups is 6. The van der Waals surface area contributed by atoms with Gasteiger partial charge in [0.25, 0.3) is 0 Å². The molecule has 0 heterocycles. The number of carbonyl (C=O) groups excluding carboxylic acids is 4. The first-order valence-electron chi connectivity index (χ1n) is 17.9. The van der Waals surface area contributed by atoms with Crippen molar-refractivity contribution in [1.29, 1.82) is 0 Å². The molecule has 0 fully saturated rings. The number of ketones is 2. The first-order valence-corrected chi connectivity index (χ1v) is 17.9. The van der Waals surface area contributed by atoms with E-state index in [4.69, 9.17) is 10.2 Å². The van der Waals surface area contributed by atoms with Gasteiger partial charge in [0.15, 0.2) is 5.78 Å². The fraction of sp³-hybridized carbons (Fsp3) is 0.463. The van der Waals surface area contributed by atoms with Crippen LogP contribution in [0, 0.1) is 17.8 Å². The molecule has 53 heavy (non-hydrogen) atoms. The van der Waals surface area contributed by atoms with E-state index in [0.29, 0.717) is 56.2 Å². The highest BCUT2D eigenvalue weighted by atomic mass is 16.4. The highest BCUT2D eigenvalue weighted by Gasteiger charge is 2.17. The number of benzene rings is 2. The SMILES string of the molecule is C=CC(=O)CCc1cc(CNC(=O)C(C)CC)ccc1O.C=CC(=O)O.CCC(C)C(=O)CCc1ccc(O)c(CNC(=O)CCC(CC)C(=O)O)c1. The summed E-state index contributed by atoms with van der Waals surface area (Å²) < 4.78 is 0. The van der Waals surface area contributed by atoms with Gasteiger partial charge in [0.1, 0.15) is 17.3 Å². The monoisotopic (exact) mass is 738 g/mol. The number of allylic oxidation sites excluding steroid dienone is 1. The average Bonchev–Trinajstić information content (AvgIpc) is 3.15. The molecule has 0 aliphatic rings. The molecule has 0 saturated heterocycles. The quantitative estimate of drug-likeness (QED) is 0.0772. The van der Waals surface area contributed by atoms with Crippen molar-refractivity contribution in [1.82, 2.24) is 10.6 Å². The van der Waals surface area contributed by atoms with Crippen molar-refractivity contribution in [3.05, 3.63) is 84.0 Å². The van der Waals surface area contributed by atoms with Gasteiger partial charge in [-0.2, -0.15) is 0 Å². The Labute approximate surface area is 313 Å². The second-order valence-corrected chi connectivity index (χ2v) is 12.7. The molecule has 2 amide bonds. The van der Waals surface area contributed by atoms with Gasteiger partial charge in [-0.15, -0.1) is 0 Å². The van der Waals surface area contributed by atoms with E-state index in [1.807, 2.05) is 33.8 Å². The van der Waals surface area contributed by atoms with Crippen LogP contribution in [0.4, 0.5) is 0 Å². The lowest BCUT2D eigenvalue weighted by atomic mass is 9.97. The zero-order valence-corrected chi connectivity index (χ0v) is 31.8. The standard InChI is InChI=1S/C21H31NO5.C17H23NO3.C3H4O2/c1-4-14(3)18(23)9-6-15-7-10-19(24)17(12-15)13-22-20(25)11-8-16(5-2)21(26)27;1-4-12(3)17(21)18-11-13-6-9-16(20)14(10-13)7-8-15(19)5-2;1-2-3(4)5/h7,10,12,14,16,24H,4-6,8-9,11,13H2,1-3H3,(H,22,25)(H,26,27);5-6,9-10,12,20H,2,4,7-8,11H2,1,3H3,(H,18,21);2H,1H2,(H,4,5). The first-order chi connectivity index (χ1) is 25.0. The summed E-state index contributed by atoms with van der Waals surface area (Å²) in [7, 11) is 0. The number of amides is 2. The lowest BCUT2D eigenvalue weighted by molar-refractivity contribution is -0.142. The third kappa shape index (κ3) is 20.4. The van der Waals surface area contributed by atoms with E-state index in [1.165, 1.54) is 6.08 Å². The van der Waals surface area contributed by atoms with E-state index < -0.39 is 17.9 Å². The predicted molar refractivity (Wildman–Crippen MR) is 204 cm³/mol. The second-order valence-electron chi connectivity index (χ2n) is 12.7. The van der Waals surface area contributed by atoms with Gasteiger partial charge in [0.05, 0.1) is 5.92 Å². The van der Waals surface area contributed by atoms with Crippen molar-refractivity contribution in [3.63, 3.8) is 0 Å². The number of hydrogen-bond donors (Lipinski definition) is 6. The lowest BCUT2D eigenvalue weighted by Crippen LogP contribution is -2.28. The van der Waals surface area contributed by atoms with E-state index in [-0.39, 0.29) is 59.7 Å². The topological polar surface area (TPSA) is 207 Å². The van der Waals surface area contributed by atoms with Gasteiger partial charge in [0, 0.05) is 55.8 Å². The third-order valence-corrected chi connectivity index (χ3v) is 8.72. The Balaban J connectivity index is 0.000000925. The molecule has 12 heteroatoms. The zero-order chi connectivity index (χ0) is 40.5. The summed E-state index contributed by atoms with van der Waals surface area (Å²) in [6, 6.07) is 10.3. The van der Waals surface area contributed by atoms with Crippen LogP contribution in [0.25, 0.3) is 0 Å². The molecule has 0 aliphatic heterocycles. The van der Waals surface area contributed by atoms with Crippen LogP contribution in [0.2, 0.25) is 0 Å². The number of Topliss-reactive ketones (excluding diaryl/α,β-unsaturated/α-hetero) is 1. The number of phenolic OH excluding ortho intramolecular Hbond substituents is 2. The van der Waals surface area contributed by atoms with Crippen LogP contribution >= 0.6 is 0 Å². The molecule has 0 radical (unpaired) electrons. The molecule has 2 aromatic carbocycles. The number of aryl methyl sites for hydroxylation is 2. The average molecular weight is 739 g/mol. The minimum atomic E-state index is -0.981. The summed E-state index contributed by atoms with van der Waals surface area (Å²) in [5, 5.41) is 42.0. The summed E-state index contributed by atoms with van der Waals surface area (Å²) in [6.45, 7) is 16.5. The number of nitrogens with one attached hydrogen (secondary N) is 2. The largest absolute Gasteiger partial charge is 0.508 e. The number of phenols is 2. The highest BCUT2D eigenvalue weighted by Crippen LogP contribution is 2.22. The maximum Gasteiger partial charge on any atom is 0.327 e. The van der Waals surface area contributed by atoms with Crippen LogP contribution in [0.1, 0.15) is 102 Å². The number of aromatic hydroxyl groups is 2. The Hall–Kier alpha value is -5.26. The van der Waals surface area contributed by atoms with Crippen molar-refractivity contribution in [2.45, 2.75) is 105 Å². The number of aliphatic carboxylic acids is 2. The Kier molecular flexibility index (Phi) is 23.9. The molecular weight excluding hydrogens is 680 g/mol. The molecule has 292 valence electrons. The maximum atomic E-state index is 12.0. The lowest BCUT2D eigenvalue weighted by Gasteiger charge is -2.12. The molecule has 0 aliphatic carbocycles. The van der Waals surface area contributed by atoms with E-state index in [2.05, 4.69) is 23.8 Å². The van der Waals surface area contributed by atoms with Crippen molar-refractivity contribution < 1.29 is 49.2 Å². The molecule has 2 aromatic rings. The molecule has 0 bridgehead atoms. The molecule has 3 atom stereocenters. The Morgan fingerprint density at radius 3 is 1.79 bits per heavy atom. The fourth-order valence-electron chi connectivity index (χ4n) is 4.63. The molecule has 0 aromatic heterocycles. The molecular formula is C41H58N2O10. The smallest absolute Gasteiger partial charge is 0.327 e. The molecule has 12 nitrogen and oxygen atoms in total. The van der Waals surface area contributed by atoms with Crippen LogP contribution in [0.3, 0.4) is 0 Å². The van der Waals surface area contributed by atoms with Gasteiger partial charge in [-0.25, -0.2) is 4.79 Å². The number of carboxylic acids is 2. The van der Waals surface area contributed by atoms with Crippen LogP contribution in [0.5, 0.6) is 11.5 Å². The number of hydrogen-bond acceptors (Lipinski definition) is 8. The van der Waals surface area contributed by atoms with Gasteiger partial charge < -0.3 is 31.1 Å². The summed E-state index contributed by atoms with van der Waals surface area (Å²) in [6.07, 6.45) is 6.50. The maximum absolute atomic E-state index is 12.0. The van der Waals surface area contributed by atoms with E-state index in [9.17, 15) is 39.0 Å². The molecule has 2 rings (SSSR count). The van der Waals surface area contributed by atoms with Crippen LogP contribution in [0.15, 0.2) is 61.7 Å². The Morgan fingerprint density at radius 2 is 1.26 bits per heavy atom. The Morgan fingerprint density at radius 1 is 0.698 bits per heavy atom. The van der Waals surface area contributed by atoms with Crippen molar-refractivity contribution in [2.24, 2.45) is 17.8 Å². The molecule has 0 spiro atoms. The van der Waals surface area contributed by atoms with Gasteiger partial charge in [-0.1, -0.05) is 72.0 Å². The number of rotatable bonds is 21. The predicted octanol–water partition coefficient (Wildman–Crippen LogP) is 6.45. The molecule has 0 saturated carbocycles. The van der Waals surface area contributed by atoms with E-state index >= 15 is 0 Å².